The van der Waals surface area contributed by atoms with Crippen molar-refractivity contribution in [3.05, 3.63) is 16.8 Å². The molecule has 1 aliphatic rings. The molecular formula is C14H14Cl2N4O5. The van der Waals surface area contributed by atoms with Crippen molar-refractivity contribution < 1.29 is 23.8 Å². The molecule has 25 heavy (non-hydrogen) atoms. The van der Waals surface area contributed by atoms with Gasteiger partial charge in [0.2, 0.25) is 5.28 Å². The molecule has 2 aromatic rings. The van der Waals surface area contributed by atoms with Gasteiger partial charge in [-0.3, -0.25) is 14.2 Å². The van der Waals surface area contributed by atoms with E-state index in [9.17, 15) is 9.59 Å². The Kier molecular flexibility index (Phi) is 4.81. The van der Waals surface area contributed by atoms with E-state index in [1.54, 1.807) is 6.92 Å². The van der Waals surface area contributed by atoms with Crippen LogP contribution in [-0.4, -0.2) is 49.8 Å². The molecule has 0 spiro atoms. The molecule has 0 saturated carbocycles. The summed E-state index contributed by atoms with van der Waals surface area (Å²) in [6, 6.07) is 0. The highest BCUT2D eigenvalue weighted by molar-refractivity contribution is 6.35. The van der Waals surface area contributed by atoms with E-state index in [0.29, 0.717) is 11.2 Å². The summed E-state index contributed by atoms with van der Waals surface area (Å²) < 4.78 is 18.0. The quantitative estimate of drug-likeness (QED) is 0.445. The van der Waals surface area contributed by atoms with Gasteiger partial charge >= 0.3 is 11.9 Å². The topological polar surface area (TPSA) is 105 Å². The van der Waals surface area contributed by atoms with Crippen molar-refractivity contribution in [3.63, 3.8) is 0 Å². The molecular weight excluding hydrogens is 375 g/mol. The van der Waals surface area contributed by atoms with Gasteiger partial charge in [0.05, 0.1) is 12.4 Å². The van der Waals surface area contributed by atoms with E-state index in [1.807, 2.05) is 0 Å². The summed E-state index contributed by atoms with van der Waals surface area (Å²) in [5, 5.41) is 0.0197. The zero-order chi connectivity index (χ0) is 18.3. The molecule has 0 bridgehead atoms. The molecule has 0 aliphatic carbocycles. The van der Waals surface area contributed by atoms with E-state index in [1.165, 1.54) is 24.7 Å². The van der Waals surface area contributed by atoms with Crippen LogP contribution in [0.1, 0.15) is 27.0 Å². The molecule has 1 saturated heterocycles. The van der Waals surface area contributed by atoms with Gasteiger partial charge in [-0.05, 0) is 18.5 Å². The van der Waals surface area contributed by atoms with Crippen LogP contribution >= 0.6 is 23.2 Å². The molecule has 0 amide bonds. The van der Waals surface area contributed by atoms with E-state index in [4.69, 9.17) is 37.4 Å². The molecule has 0 N–H and O–H groups in total. The Morgan fingerprint density at radius 1 is 1.16 bits per heavy atom. The normalized spacial score (nSPS) is 26.0. The van der Waals surface area contributed by atoms with E-state index >= 15 is 0 Å². The van der Waals surface area contributed by atoms with Crippen molar-refractivity contribution in [2.24, 2.45) is 0 Å². The Labute approximate surface area is 152 Å². The number of esters is 2. The summed E-state index contributed by atoms with van der Waals surface area (Å²) in [4.78, 5) is 35.0. The van der Waals surface area contributed by atoms with Crippen LogP contribution in [0.25, 0.3) is 11.2 Å². The highest BCUT2D eigenvalue weighted by atomic mass is 35.5. The van der Waals surface area contributed by atoms with Gasteiger partial charge in [-0.25, -0.2) is 9.97 Å². The maximum Gasteiger partial charge on any atom is 0.303 e. The monoisotopic (exact) mass is 388 g/mol. The molecule has 9 nitrogen and oxygen atoms in total. The molecule has 0 unspecified atom stereocenters. The summed E-state index contributed by atoms with van der Waals surface area (Å²) in [7, 11) is 0. The van der Waals surface area contributed by atoms with E-state index in [0.717, 1.165) is 0 Å². The number of ether oxygens (including phenoxy) is 3. The van der Waals surface area contributed by atoms with Gasteiger partial charge < -0.3 is 14.2 Å². The minimum Gasteiger partial charge on any atom is -0.456 e. The lowest BCUT2D eigenvalue weighted by atomic mass is 10.1. The zero-order valence-electron chi connectivity index (χ0n) is 13.5. The molecule has 3 rings (SSSR count). The molecule has 2 aromatic heterocycles. The highest BCUT2D eigenvalue weighted by Gasteiger charge is 2.48. The van der Waals surface area contributed by atoms with Crippen LogP contribution in [0.4, 0.5) is 0 Å². The van der Waals surface area contributed by atoms with Crippen molar-refractivity contribution in [2.75, 3.05) is 0 Å². The maximum atomic E-state index is 11.5. The largest absolute Gasteiger partial charge is 0.456 e. The van der Waals surface area contributed by atoms with Crippen molar-refractivity contribution in [1.29, 1.82) is 0 Å². The predicted octanol–water partition coefficient (Wildman–Crippen LogP) is 1.91. The standard InChI is InChI=1S/C14H14Cl2N4O5/c1-5-9(24-6(2)21)10(25-7(3)22)13(23-5)20-4-17-8-11(15)18-14(16)19-12(8)20/h4-5,9-10,13H,1-3H3/t5-,9-,10-,13-/m1/s1. The van der Waals surface area contributed by atoms with Crippen LogP contribution in [0, 0.1) is 0 Å². The van der Waals surface area contributed by atoms with Gasteiger partial charge in [0.1, 0.15) is 5.52 Å². The average Bonchev–Trinajstić information content (AvgIpc) is 3.02. The van der Waals surface area contributed by atoms with Crippen LogP contribution in [0.2, 0.25) is 10.4 Å². The Morgan fingerprint density at radius 2 is 1.80 bits per heavy atom. The van der Waals surface area contributed by atoms with E-state index in [2.05, 4.69) is 15.0 Å². The second kappa shape index (κ2) is 6.74. The fourth-order valence-corrected chi connectivity index (χ4v) is 3.16. The zero-order valence-corrected chi connectivity index (χ0v) is 15.0. The number of rotatable bonds is 3. The summed E-state index contributed by atoms with van der Waals surface area (Å²) in [5.41, 5.74) is 0.627. The van der Waals surface area contributed by atoms with Crippen LogP contribution in [0.5, 0.6) is 0 Å². The number of carbonyl (C=O) groups excluding carboxylic acids is 2. The van der Waals surface area contributed by atoms with Gasteiger partial charge in [-0.15, -0.1) is 0 Å². The average molecular weight is 389 g/mol. The first-order chi connectivity index (χ1) is 11.8. The number of aromatic nitrogens is 4. The van der Waals surface area contributed by atoms with Crippen LogP contribution in [0.3, 0.4) is 0 Å². The first-order valence-corrected chi connectivity index (χ1v) is 8.09. The van der Waals surface area contributed by atoms with E-state index < -0.39 is 36.5 Å². The first kappa shape index (κ1) is 17.8. The van der Waals surface area contributed by atoms with Crippen molar-refractivity contribution >= 4 is 46.3 Å². The SMILES string of the molecule is CC(=O)O[C@@H]1[C@H](OC(C)=O)[C@@H](C)O[C@H]1n1cnc2c(Cl)nc(Cl)nc21. The molecule has 11 heteroatoms. The third-order valence-corrected chi connectivity index (χ3v) is 4.08. The van der Waals surface area contributed by atoms with E-state index in [-0.39, 0.29) is 10.4 Å². The minimum absolute atomic E-state index is 0.0640. The van der Waals surface area contributed by atoms with Gasteiger partial charge in [0.25, 0.3) is 0 Å². The minimum atomic E-state index is -0.888. The lowest BCUT2D eigenvalue weighted by Gasteiger charge is -2.23. The van der Waals surface area contributed by atoms with Crippen LogP contribution < -0.4 is 0 Å². The fourth-order valence-electron chi connectivity index (χ4n) is 2.74. The maximum absolute atomic E-state index is 11.5. The lowest BCUT2D eigenvalue weighted by molar-refractivity contribution is -0.165. The smallest absolute Gasteiger partial charge is 0.303 e. The van der Waals surface area contributed by atoms with Crippen molar-refractivity contribution in [1.82, 2.24) is 19.5 Å². The van der Waals surface area contributed by atoms with Crippen molar-refractivity contribution in [2.45, 2.75) is 45.3 Å². The number of hydrogen-bond acceptors (Lipinski definition) is 8. The Balaban J connectivity index is 2.05. The van der Waals surface area contributed by atoms with Gasteiger partial charge in [-0.1, -0.05) is 11.6 Å². The molecule has 1 aliphatic heterocycles. The summed E-state index contributed by atoms with van der Waals surface area (Å²) >= 11 is 11.9. The molecule has 0 aromatic carbocycles. The lowest BCUT2D eigenvalue weighted by Crippen LogP contribution is -2.38. The fraction of sp³-hybridized carbons (Fsp3) is 0.500. The number of imidazole rings is 1. The van der Waals surface area contributed by atoms with Gasteiger partial charge in [-0.2, -0.15) is 4.98 Å². The number of fused-ring (bicyclic) bond motifs is 1. The molecule has 134 valence electrons. The number of halogens is 2. The van der Waals surface area contributed by atoms with Crippen LogP contribution in [0.15, 0.2) is 6.33 Å². The first-order valence-electron chi connectivity index (χ1n) is 7.33. The molecule has 1 fully saturated rings. The Morgan fingerprint density at radius 3 is 2.44 bits per heavy atom. The predicted molar refractivity (Wildman–Crippen MR) is 86.0 cm³/mol. The Bertz CT molecular complexity index is 842. The third-order valence-electron chi connectivity index (χ3n) is 3.65. The summed E-state index contributed by atoms with van der Waals surface area (Å²) in [5.74, 6) is -1.05. The molecule has 0 radical (unpaired) electrons. The second-order valence-corrected chi connectivity index (χ2v) is 6.18. The molecule has 4 atom stereocenters. The highest BCUT2D eigenvalue weighted by Crippen LogP contribution is 2.36. The number of nitrogens with zero attached hydrogens (tertiary/aromatic N) is 4. The Hall–Kier alpha value is -1.97. The van der Waals surface area contributed by atoms with Gasteiger partial charge in [0.15, 0.2) is 29.2 Å². The number of carbonyl (C=O) groups is 2. The third kappa shape index (κ3) is 3.39. The number of hydrogen-bond donors (Lipinski definition) is 0. The van der Waals surface area contributed by atoms with Crippen molar-refractivity contribution in [3.8, 4) is 0 Å². The summed E-state index contributed by atoms with van der Waals surface area (Å²) in [6.07, 6.45) is -1.59. The second-order valence-electron chi connectivity index (χ2n) is 5.49. The van der Waals surface area contributed by atoms with Gasteiger partial charge in [0, 0.05) is 13.8 Å². The van der Waals surface area contributed by atoms with Crippen LogP contribution in [-0.2, 0) is 23.8 Å². The summed E-state index contributed by atoms with van der Waals surface area (Å²) in [6.45, 7) is 4.23. The molecule has 3 heterocycles.